The number of amides is 1. The highest BCUT2D eigenvalue weighted by Gasteiger charge is 2.30. The molecule has 200 valence electrons. The number of ether oxygens (including phenoxy) is 1. The zero-order valence-corrected chi connectivity index (χ0v) is 22.3. The zero-order chi connectivity index (χ0) is 27.7. The Morgan fingerprint density at radius 3 is 2.64 bits per heavy atom. The summed E-state index contributed by atoms with van der Waals surface area (Å²) in [5.41, 5.74) is 9.57. The number of aryl methyl sites for hydroxylation is 1. The van der Waals surface area contributed by atoms with Crippen molar-refractivity contribution in [3.63, 3.8) is 0 Å². The van der Waals surface area contributed by atoms with Crippen molar-refractivity contribution in [1.82, 2.24) is 19.4 Å². The molecule has 0 atom stereocenters. The predicted molar refractivity (Wildman–Crippen MR) is 154 cm³/mol. The van der Waals surface area contributed by atoms with Gasteiger partial charge in [0, 0.05) is 31.2 Å². The van der Waals surface area contributed by atoms with E-state index in [4.69, 9.17) is 10.5 Å². The molecule has 0 aliphatic carbocycles. The van der Waals surface area contributed by atoms with Gasteiger partial charge in [-0.3, -0.25) is 14.2 Å². The number of aromatic nitrogens is 3. The van der Waals surface area contributed by atoms with Gasteiger partial charge in [0.15, 0.2) is 5.65 Å². The van der Waals surface area contributed by atoms with Crippen LogP contribution in [-0.4, -0.2) is 65.7 Å². The van der Waals surface area contributed by atoms with Crippen LogP contribution in [0.25, 0.3) is 16.7 Å². The highest BCUT2D eigenvalue weighted by Crippen LogP contribution is 2.39. The Balaban J connectivity index is 1.64. The maximum atomic E-state index is 14.2. The molecule has 1 amide bonds. The summed E-state index contributed by atoms with van der Waals surface area (Å²) >= 11 is 0. The van der Waals surface area contributed by atoms with Gasteiger partial charge in [-0.15, -0.1) is 0 Å². The van der Waals surface area contributed by atoms with E-state index in [1.54, 1.807) is 21.7 Å². The molecule has 39 heavy (non-hydrogen) atoms. The maximum Gasteiger partial charge on any atom is 0.280 e. The van der Waals surface area contributed by atoms with Crippen LogP contribution in [0.5, 0.6) is 5.75 Å². The minimum absolute atomic E-state index is 0.0737. The Morgan fingerprint density at radius 1 is 1.15 bits per heavy atom. The van der Waals surface area contributed by atoms with Gasteiger partial charge in [0.05, 0.1) is 17.1 Å². The van der Waals surface area contributed by atoms with Gasteiger partial charge in [-0.25, -0.2) is 4.98 Å². The Bertz CT molecular complexity index is 1610. The number of anilines is 4. The molecule has 2 N–H and O–H groups in total. The third-order valence-electron chi connectivity index (χ3n) is 6.70. The number of nitrogens with two attached hydrogens (primary N) is 1. The minimum Gasteiger partial charge on any atom is -0.492 e. The van der Waals surface area contributed by atoms with Gasteiger partial charge in [0.25, 0.3) is 11.5 Å². The molecule has 4 aromatic rings. The van der Waals surface area contributed by atoms with E-state index in [9.17, 15) is 9.59 Å². The number of likely N-dealkylation sites (N-methyl/N-ethyl adjacent to an activating group) is 1. The number of carbonyl (C=O) groups excluding carboxylic acids is 1. The van der Waals surface area contributed by atoms with Crippen LogP contribution < -0.4 is 25.8 Å². The zero-order valence-electron chi connectivity index (χ0n) is 22.3. The Morgan fingerprint density at radius 2 is 1.92 bits per heavy atom. The van der Waals surface area contributed by atoms with Crippen molar-refractivity contribution in [2.24, 2.45) is 0 Å². The van der Waals surface area contributed by atoms with Gasteiger partial charge in [-0.2, -0.15) is 4.98 Å². The van der Waals surface area contributed by atoms with E-state index in [0.29, 0.717) is 47.9 Å². The monoisotopic (exact) mass is 525 g/mol. The molecular weight excluding hydrogens is 494 g/mol. The van der Waals surface area contributed by atoms with Crippen LogP contribution in [0.4, 0.5) is 23.0 Å². The van der Waals surface area contributed by atoms with Gasteiger partial charge in [-0.05, 0) is 69.1 Å². The quantitative estimate of drug-likeness (QED) is 0.366. The second kappa shape index (κ2) is 10.6. The van der Waals surface area contributed by atoms with E-state index in [1.807, 2.05) is 73.3 Å². The molecule has 5 rings (SSSR count). The van der Waals surface area contributed by atoms with Crippen LogP contribution in [0, 0.1) is 6.92 Å². The topological polar surface area (TPSA) is 110 Å². The van der Waals surface area contributed by atoms with Crippen molar-refractivity contribution in [2.75, 3.05) is 55.9 Å². The van der Waals surface area contributed by atoms with Crippen molar-refractivity contribution in [2.45, 2.75) is 6.92 Å². The lowest BCUT2D eigenvalue weighted by Gasteiger charge is -2.38. The number of carbonyl (C=O) groups is 1. The molecule has 2 aromatic heterocycles. The first kappa shape index (κ1) is 25.9. The highest BCUT2D eigenvalue weighted by atomic mass is 16.5. The maximum absolute atomic E-state index is 14.2. The molecule has 2 aromatic carbocycles. The van der Waals surface area contributed by atoms with Crippen molar-refractivity contribution < 1.29 is 9.53 Å². The Kier molecular flexibility index (Phi) is 7.03. The Labute approximate surface area is 226 Å². The van der Waals surface area contributed by atoms with E-state index in [1.165, 1.54) is 6.08 Å². The first-order valence-electron chi connectivity index (χ1n) is 12.7. The lowest BCUT2D eigenvalue weighted by molar-refractivity contribution is -0.114. The number of para-hydroxylation sites is 1. The molecule has 0 radical (unpaired) electrons. The molecule has 0 bridgehead atoms. The second-order valence-corrected chi connectivity index (χ2v) is 9.61. The summed E-state index contributed by atoms with van der Waals surface area (Å²) < 4.78 is 7.37. The summed E-state index contributed by atoms with van der Waals surface area (Å²) in [5.74, 6) is 0.595. The van der Waals surface area contributed by atoms with Crippen molar-refractivity contribution >= 4 is 40.0 Å². The van der Waals surface area contributed by atoms with Crippen LogP contribution in [0.2, 0.25) is 0 Å². The molecule has 0 saturated carbocycles. The van der Waals surface area contributed by atoms with E-state index in [2.05, 4.69) is 16.5 Å². The largest absolute Gasteiger partial charge is 0.492 e. The SMILES string of the molecule is C=CC(=O)N1CCN(c2cc3cnc(N)nc3n(-c3ccc(OCCN(C)C)cc3)c2=O)c2cccc(C)c21. The number of hydrogen-bond acceptors (Lipinski definition) is 8. The lowest BCUT2D eigenvalue weighted by Crippen LogP contribution is -2.43. The summed E-state index contributed by atoms with van der Waals surface area (Å²) in [6.07, 6.45) is 2.93. The molecule has 3 heterocycles. The first-order valence-corrected chi connectivity index (χ1v) is 12.7. The number of pyridine rings is 1. The summed E-state index contributed by atoms with van der Waals surface area (Å²) in [4.78, 5) is 41.1. The molecule has 0 unspecified atom stereocenters. The highest BCUT2D eigenvalue weighted by molar-refractivity contribution is 6.05. The van der Waals surface area contributed by atoms with Crippen LogP contribution in [0.15, 0.2) is 72.2 Å². The molecule has 0 saturated heterocycles. The van der Waals surface area contributed by atoms with Gasteiger partial charge >= 0.3 is 0 Å². The smallest absolute Gasteiger partial charge is 0.280 e. The number of rotatable bonds is 7. The average Bonchev–Trinajstić information content (AvgIpc) is 2.92. The number of benzene rings is 2. The third-order valence-corrected chi connectivity index (χ3v) is 6.70. The standard InChI is InChI=1S/C29H31N7O3/c1-5-25(37)35-14-13-34(23-8-6-7-19(2)26(23)35)24-17-20-18-31-29(30)32-27(20)36(28(24)38)21-9-11-22(12-10-21)39-16-15-33(3)4/h5-12,17-18H,1,13-16H2,2-4H3,(H2,30,31,32). The van der Waals surface area contributed by atoms with Gasteiger partial charge in [0.2, 0.25) is 5.95 Å². The van der Waals surface area contributed by atoms with Crippen LogP contribution in [-0.2, 0) is 4.79 Å². The van der Waals surface area contributed by atoms with E-state index in [-0.39, 0.29) is 17.4 Å². The van der Waals surface area contributed by atoms with E-state index < -0.39 is 0 Å². The molecule has 10 nitrogen and oxygen atoms in total. The molecule has 1 aliphatic heterocycles. The second-order valence-electron chi connectivity index (χ2n) is 9.61. The summed E-state index contributed by atoms with van der Waals surface area (Å²) in [6.45, 7) is 7.76. The molecule has 10 heteroatoms. The minimum atomic E-state index is -0.266. The fraction of sp³-hybridized carbons (Fsp3) is 0.241. The number of nitrogens with zero attached hydrogens (tertiary/aromatic N) is 6. The lowest BCUT2D eigenvalue weighted by atomic mass is 10.1. The summed E-state index contributed by atoms with van der Waals surface area (Å²) in [7, 11) is 3.98. The number of fused-ring (bicyclic) bond motifs is 2. The molecule has 0 spiro atoms. The summed E-state index contributed by atoms with van der Waals surface area (Å²) in [6, 6.07) is 14.9. The van der Waals surface area contributed by atoms with Crippen molar-refractivity contribution in [3.05, 3.63) is 83.3 Å². The third kappa shape index (κ3) is 4.94. The molecular formula is C29H31N7O3. The van der Waals surface area contributed by atoms with Crippen molar-refractivity contribution in [1.29, 1.82) is 0 Å². The Hall–Kier alpha value is -4.70. The molecule has 0 fully saturated rings. The first-order chi connectivity index (χ1) is 18.8. The number of nitrogen functional groups attached to an aromatic ring is 1. The van der Waals surface area contributed by atoms with Crippen LogP contribution in [0.3, 0.4) is 0 Å². The molecule has 1 aliphatic rings. The summed E-state index contributed by atoms with van der Waals surface area (Å²) in [5, 5.41) is 0.656. The van der Waals surface area contributed by atoms with Gasteiger partial charge in [0.1, 0.15) is 18.0 Å². The van der Waals surface area contributed by atoms with Gasteiger partial charge in [-0.1, -0.05) is 18.7 Å². The number of hydrogen-bond donors (Lipinski definition) is 1. The van der Waals surface area contributed by atoms with Crippen LogP contribution in [0.1, 0.15) is 5.56 Å². The van der Waals surface area contributed by atoms with Crippen molar-refractivity contribution in [3.8, 4) is 11.4 Å². The van der Waals surface area contributed by atoms with E-state index >= 15 is 0 Å². The fourth-order valence-electron chi connectivity index (χ4n) is 4.79. The fourth-order valence-corrected chi connectivity index (χ4v) is 4.79. The van der Waals surface area contributed by atoms with Crippen LogP contribution >= 0.6 is 0 Å². The normalized spacial score (nSPS) is 13.0. The van der Waals surface area contributed by atoms with E-state index in [0.717, 1.165) is 23.5 Å². The predicted octanol–water partition coefficient (Wildman–Crippen LogP) is 3.28. The van der Waals surface area contributed by atoms with Gasteiger partial charge < -0.3 is 25.2 Å². The average molecular weight is 526 g/mol.